The highest BCUT2D eigenvalue weighted by molar-refractivity contribution is 9.10. The zero-order chi connectivity index (χ0) is 11.5. The Bertz CT molecular complexity index is 380. The van der Waals surface area contributed by atoms with E-state index in [0.29, 0.717) is 16.2 Å². The van der Waals surface area contributed by atoms with E-state index < -0.39 is 0 Å². The van der Waals surface area contributed by atoms with Gasteiger partial charge in [-0.1, -0.05) is 0 Å². The first-order chi connectivity index (χ1) is 7.66. The van der Waals surface area contributed by atoms with Crippen molar-refractivity contribution in [3.8, 4) is 0 Å². The second kappa shape index (κ2) is 5.01. The molecule has 1 fully saturated rings. The Morgan fingerprint density at radius 2 is 2.06 bits per heavy atom. The summed E-state index contributed by atoms with van der Waals surface area (Å²) in [6, 6.07) is 3.36. The zero-order valence-corrected chi connectivity index (χ0v) is 10.4. The van der Waals surface area contributed by atoms with Crippen molar-refractivity contribution in [3.05, 3.63) is 22.4 Å². The predicted octanol–water partition coefficient (Wildman–Crippen LogP) is 2.76. The average molecular weight is 289 g/mol. The molecule has 1 aromatic carbocycles. The van der Waals surface area contributed by atoms with Crippen molar-refractivity contribution < 1.29 is 9.13 Å². The number of benzene rings is 1. The molecule has 2 rings (SSSR count). The molecule has 0 radical (unpaired) electrons. The fourth-order valence-corrected chi connectivity index (χ4v) is 2.09. The van der Waals surface area contributed by atoms with E-state index in [-0.39, 0.29) is 5.82 Å². The van der Waals surface area contributed by atoms with Crippen molar-refractivity contribution in [1.29, 1.82) is 0 Å². The minimum absolute atomic E-state index is 0.338. The molecule has 3 N–H and O–H groups in total. The van der Waals surface area contributed by atoms with E-state index in [9.17, 15) is 4.39 Å². The minimum atomic E-state index is -0.338. The monoisotopic (exact) mass is 288 g/mol. The van der Waals surface area contributed by atoms with Gasteiger partial charge in [0.1, 0.15) is 5.82 Å². The van der Waals surface area contributed by atoms with Crippen LogP contribution in [0.5, 0.6) is 0 Å². The van der Waals surface area contributed by atoms with Gasteiger partial charge in [-0.25, -0.2) is 4.39 Å². The SMILES string of the molecule is Nc1cc(F)c(Br)cc1NC1CCOCC1. The van der Waals surface area contributed by atoms with E-state index in [4.69, 9.17) is 10.5 Å². The number of hydrogen-bond acceptors (Lipinski definition) is 3. The van der Waals surface area contributed by atoms with Crippen LogP contribution in [0.4, 0.5) is 15.8 Å². The van der Waals surface area contributed by atoms with Gasteiger partial charge in [-0.3, -0.25) is 0 Å². The summed E-state index contributed by atoms with van der Waals surface area (Å²) in [5.74, 6) is -0.338. The Morgan fingerprint density at radius 1 is 1.38 bits per heavy atom. The third kappa shape index (κ3) is 2.65. The summed E-state index contributed by atoms with van der Waals surface area (Å²) >= 11 is 3.15. The molecule has 0 unspecified atom stereocenters. The van der Waals surface area contributed by atoms with Crippen LogP contribution in [0.2, 0.25) is 0 Å². The van der Waals surface area contributed by atoms with Crippen LogP contribution in [0.3, 0.4) is 0 Å². The molecule has 1 aliphatic heterocycles. The highest BCUT2D eigenvalue weighted by atomic mass is 79.9. The van der Waals surface area contributed by atoms with E-state index in [2.05, 4.69) is 21.2 Å². The van der Waals surface area contributed by atoms with E-state index in [1.165, 1.54) is 6.07 Å². The van der Waals surface area contributed by atoms with Gasteiger partial charge in [-0.15, -0.1) is 0 Å². The van der Waals surface area contributed by atoms with Crippen LogP contribution in [0, 0.1) is 5.82 Å². The highest BCUT2D eigenvalue weighted by Crippen LogP contribution is 2.28. The van der Waals surface area contributed by atoms with Gasteiger partial charge < -0.3 is 15.8 Å². The van der Waals surface area contributed by atoms with Crippen molar-refractivity contribution in [2.75, 3.05) is 24.3 Å². The maximum Gasteiger partial charge on any atom is 0.139 e. The topological polar surface area (TPSA) is 47.3 Å². The van der Waals surface area contributed by atoms with Crippen molar-refractivity contribution >= 4 is 27.3 Å². The quantitative estimate of drug-likeness (QED) is 0.823. The van der Waals surface area contributed by atoms with E-state index in [1.807, 2.05) is 0 Å². The number of rotatable bonds is 2. The van der Waals surface area contributed by atoms with Gasteiger partial charge in [-0.2, -0.15) is 0 Å². The fourth-order valence-electron chi connectivity index (χ4n) is 1.75. The molecule has 0 saturated carbocycles. The first-order valence-electron chi connectivity index (χ1n) is 5.25. The number of nitrogens with two attached hydrogens (primary N) is 1. The number of ether oxygens (including phenoxy) is 1. The first-order valence-corrected chi connectivity index (χ1v) is 6.05. The lowest BCUT2D eigenvalue weighted by molar-refractivity contribution is 0.0904. The Labute approximate surface area is 102 Å². The van der Waals surface area contributed by atoms with Crippen molar-refractivity contribution in [2.24, 2.45) is 0 Å². The molecular weight excluding hydrogens is 275 g/mol. The number of anilines is 2. The van der Waals surface area contributed by atoms with Crippen LogP contribution in [-0.2, 0) is 4.74 Å². The molecule has 0 amide bonds. The lowest BCUT2D eigenvalue weighted by Gasteiger charge is -2.25. The summed E-state index contributed by atoms with van der Waals surface area (Å²) in [5, 5.41) is 3.32. The summed E-state index contributed by atoms with van der Waals surface area (Å²) in [7, 11) is 0. The zero-order valence-electron chi connectivity index (χ0n) is 8.80. The van der Waals surface area contributed by atoms with Gasteiger partial charge in [0.15, 0.2) is 0 Å². The first kappa shape index (κ1) is 11.7. The average Bonchev–Trinajstić information content (AvgIpc) is 2.27. The second-order valence-corrected chi connectivity index (χ2v) is 4.74. The number of halogens is 2. The molecule has 5 heteroatoms. The molecule has 0 aromatic heterocycles. The smallest absolute Gasteiger partial charge is 0.139 e. The van der Waals surface area contributed by atoms with Gasteiger partial charge in [0.25, 0.3) is 0 Å². The van der Waals surface area contributed by atoms with Gasteiger partial charge in [-0.05, 0) is 34.8 Å². The van der Waals surface area contributed by atoms with E-state index in [1.54, 1.807) is 6.07 Å². The molecule has 88 valence electrons. The third-order valence-electron chi connectivity index (χ3n) is 2.67. The Hall–Kier alpha value is -0.810. The molecule has 0 atom stereocenters. The molecule has 1 aliphatic rings. The summed E-state index contributed by atoms with van der Waals surface area (Å²) in [6.07, 6.45) is 1.91. The number of hydrogen-bond donors (Lipinski definition) is 2. The summed E-state index contributed by atoms with van der Waals surface area (Å²) in [5.41, 5.74) is 6.97. The summed E-state index contributed by atoms with van der Waals surface area (Å²) < 4.78 is 18.9. The standard InChI is InChI=1S/C11H14BrFN2O/c12-8-5-11(10(14)6-9(8)13)15-7-1-3-16-4-2-7/h5-7,15H,1-4,14H2. The molecule has 1 heterocycles. The van der Waals surface area contributed by atoms with Crippen LogP contribution in [0.25, 0.3) is 0 Å². The Morgan fingerprint density at radius 3 is 2.75 bits per heavy atom. The highest BCUT2D eigenvalue weighted by Gasteiger charge is 2.15. The molecule has 0 spiro atoms. The van der Waals surface area contributed by atoms with Crippen LogP contribution in [-0.4, -0.2) is 19.3 Å². The lowest BCUT2D eigenvalue weighted by Crippen LogP contribution is -2.28. The van der Waals surface area contributed by atoms with Crippen molar-refractivity contribution in [2.45, 2.75) is 18.9 Å². The molecule has 1 aromatic rings. The Balaban J connectivity index is 2.11. The molecule has 1 saturated heterocycles. The lowest BCUT2D eigenvalue weighted by atomic mass is 10.1. The van der Waals surface area contributed by atoms with Crippen molar-refractivity contribution in [3.63, 3.8) is 0 Å². The molecule has 16 heavy (non-hydrogen) atoms. The van der Waals surface area contributed by atoms with Crippen LogP contribution < -0.4 is 11.1 Å². The van der Waals surface area contributed by atoms with E-state index >= 15 is 0 Å². The molecule has 0 aliphatic carbocycles. The molecular formula is C11H14BrFN2O. The number of nitrogens with one attached hydrogen (secondary N) is 1. The third-order valence-corrected chi connectivity index (χ3v) is 3.28. The van der Waals surface area contributed by atoms with Gasteiger partial charge in [0, 0.05) is 25.3 Å². The molecule has 3 nitrogen and oxygen atoms in total. The van der Waals surface area contributed by atoms with Crippen LogP contribution >= 0.6 is 15.9 Å². The summed E-state index contributed by atoms with van der Waals surface area (Å²) in [4.78, 5) is 0. The minimum Gasteiger partial charge on any atom is -0.397 e. The predicted molar refractivity (Wildman–Crippen MR) is 66.0 cm³/mol. The van der Waals surface area contributed by atoms with Gasteiger partial charge in [0.2, 0.25) is 0 Å². The summed E-state index contributed by atoms with van der Waals surface area (Å²) in [6.45, 7) is 1.53. The van der Waals surface area contributed by atoms with Crippen LogP contribution in [0.1, 0.15) is 12.8 Å². The maximum absolute atomic E-state index is 13.2. The van der Waals surface area contributed by atoms with Gasteiger partial charge >= 0.3 is 0 Å². The largest absolute Gasteiger partial charge is 0.397 e. The molecule has 0 bridgehead atoms. The van der Waals surface area contributed by atoms with E-state index in [0.717, 1.165) is 31.7 Å². The Kier molecular flexibility index (Phi) is 3.66. The van der Waals surface area contributed by atoms with Crippen LogP contribution in [0.15, 0.2) is 16.6 Å². The normalized spacial score (nSPS) is 17.4. The van der Waals surface area contributed by atoms with Gasteiger partial charge in [0.05, 0.1) is 15.8 Å². The van der Waals surface area contributed by atoms with Crippen molar-refractivity contribution in [1.82, 2.24) is 0 Å². The maximum atomic E-state index is 13.2. The fraction of sp³-hybridized carbons (Fsp3) is 0.455. The number of nitrogen functional groups attached to an aromatic ring is 1. The second-order valence-electron chi connectivity index (χ2n) is 3.88.